The van der Waals surface area contributed by atoms with E-state index in [1.165, 1.54) is 0 Å². The van der Waals surface area contributed by atoms with Gasteiger partial charge in [0.05, 0.1) is 6.54 Å². The standard InChI is InChI=1S/C19H23ClN6O/c1-21-19(25(2)13-14-27-16-8-6-15(20)7-9-16)22-11-10-18-24-23-17-5-3-4-12-26(17)18/h3-9,12H,10-11,13-14H2,1-2H3,(H,21,22). The summed E-state index contributed by atoms with van der Waals surface area (Å²) in [4.78, 5) is 6.35. The molecule has 0 atom stereocenters. The Bertz CT molecular complexity index is 893. The summed E-state index contributed by atoms with van der Waals surface area (Å²) in [5.41, 5.74) is 0.855. The predicted molar refractivity (Wildman–Crippen MR) is 108 cm³/mol. The van der Waals surface area contributed by atoms with Crippen LogP contribution in [0.2, 0.25) is 5.02 Å². The summed E-state index contributed by atoms with van der Waals surface area (Å²) in [5.74, 6) is 2.53. The van der Waals surface area contributed by atoms with Crippen LogP contribution in [0.4, 0.5) is 0 Å². The van der Waals surface area contributed by atoms with Crippen molar-refractivity contribution in [3.63, 3.8) is 0 Å². The molecule has 27 heavy (non-hydrogen) atoms. The number of halogens is 1. The van der Waals surface area contributed by atoms with Gasteiger partial charge in [0, 0.05) is 38.3 Å². The molecule has 8 heteroatoms. The van der Waals surface area contributed by atoms with Gasteiger partial charge in [-0.2, -0.15) is 0 Å². The average Bonchev–Trinajstić information content (AvgIpc) is 3.10. The number of nitrogens with zero attached hydrogens (tertiary/aromatic N) is 5. The molecule has 0 aliphatic carbocycles. The molecule has 7 nitrogen and oxygen atoms in total. The van der Waals surface area contributed by atoms with Crippen molar-refractivity contribution in [1.82, 2.24) is 24.8 Å². The van der Waals surface area contributed by atoms with Crippen LogP contribution in [0, 0.1) is 0 Å². The number of fused-ring (bicyclic) bond motifs is 1. The number of hydrogen-bond acceptors (Lipinski definition) is 4. The zero-order chi connectivity index (χ0) is 19.1. The maximum atomic E-state index is 5.88. The normalized spacial score (nSPS) is 11.6. The highest BCUT2D eigenvalue weighted by Gasteiger charge is 2.08. The van der Waals surface area contributed by atoms with Crippen molar-refractivity contribution in [2.45, 2.75) is 6.42 Å². The maximum absolute atomic E-state index is 5.88. The van der Waals surface area contributed by atoms with Crippen LogP contribution in [0.3, 0.4) is 0 Å². The Morgan fingerprint density at radius 2 is 2.04 bits per heavy atom. The fraction of sp³-hybridized carbons (Fsp3) is 0.316. The summed E-state index contributed by atoms with van der Waals surface area (Å²) < 4.78 is 7.73. The number of pyridine rings is 1. The summed E-state index contributed by atoms with van der Waals surface area (Å²) in [7, 11) is 3.75. The van der Waals surface area contributed by atoms with E-state index < -0.39 is 0 Å². The van der Waals surface area contributed by atoms with Gasteiger partial charge in [0.1, 0.15) is 18.2 Å². The van der Waals surface area contributed by atoms with Crippen molar-refractivity contribution in [1.29, 1.82) is 0 Å². The number of aliphatic imine (C=N–C) groups is 1. The van der Waals surface area contributed by atoms with E-state index in [1.807, 2.05) is 65.0 Å². The van der Waals surface area contributed by atoms with Crippen molar-refractivity contribution < 1.29 is 4.74 Å². The topological polar surface area (TPSA) is 67.0 Å². The minimum absolute atomic E-state index is 0.549. The Kier molecular flexibility index (Phi) is 6.49. The van der Waals surface area contributed by atoms with Crippen LogP contribution in [-0.2, 0) is 6.42 Å². The lowest BCUT2D eigenvalue weighted by Gasteiger charge is -2.22. The minimum Gasteiger partial charge on any atom is -0.492 e. The van der Waals surface area contributed by atoms with Gasteiger partial charge in [0.2, 0.25) is 0 Å². The lowest BCUT2D eigenvalue weighted by Crippen LogP contribution is -2.41. The molecule has 0 aliphatic heterocycles. The van der Waals surface area contributed by atoms with Crippen LogP contribution in [-0.4, -0.2) is 59.2 Å². The molecule has 142 valence electrons. The lowest BCUT2D eigenvalue weighted by atomic mass is 10.3. The first kappa shape index (κ1) is 19.0. The third kappa shape index (κ3) is 5.10. The summed E-state index contributed by atoms with van der Waals surface area (Å²) in [6.07, 6.45) is 2.72. The molecule has 1 N–H and O–H groups in total. The van der Waals surface area contributed by atoms with E-state index in [0.717, 1.165) is 29.6 Å². The van der Waals surface area contributed by atoms with Gasteiger partial charge in [-0.3, -0.25) is 9.39 Å². The van der Waals surface area contributed by atoms with Gasteiger partial charge < -0.3 is 15.0 Å². The highest BCUT2D eigenvalue weighted by atomic mass is 35.5. The highest BCUT2D eigenvalue weighted by molar-refractivity contribution is 6.30. The third-order valence-electron chi connectivity index (χ3n) is 4.10. The predicted octanol–water partition coefficient (Wildman–Crippen LogP) is 2.51. The first-order valence-electron chi connectivity index (χ1n) is 8.76. The minimum atomic E-state index is 0.549. The fourth-order valence-electron chi connectivity index (χ4n) is 2.67. The zero-order valence-corrected chi connectivity index (χ0v) is 16.2. The Morgan fingerprint density at radius 3 is 2.81 bits per heavy atom. The van der Waals surface area contributed by atoms with Crippen molar-refractivity contribution in [3.8, 4) is 5.75 Å². The van der Waals surface area contributed by atoms with Crippen LogP contribution in [0.25, 0.3) is 5.65 Å². The number of likely N-dealkylation sites (N-methyl/N-ethyl adjacent to an activating group) is 1. The number of guanidine groups is 1. The molecule has 0 amide bonds. The van der Waals surface area contributed by atoms with E-state index in [9.17, 15) is 0 Å². The summed E-state index contributed by atoms with van der Waals surface area (Å²) in [6.45, 7) is 1.97. The Morgan fingerprint density at radius 1 is 1.22 bits per heavy atom. The average molecular weight is 387 g/mol. The Labute approximate surface area is 163 Å². The summed E-state index contributed by atoms with van der Waals surface area (Å²) >= 11 is 5.88. The van der Waals surface area contributed by atoms with Crippen molar-refractivity contribution in [3.05, 3.63) is 59.5 Å². The molecular weight excluding hydrogens is 364 g/mol. The Balaban J connectivity index is 1.44. The molecule has 3 aromatic rings. The molecule has 2 heterocycles. The van der Waals surface area contributed by atoms with E-state index in [-0.39, 0.29) is 0 Å². The number of ether oxygens (including phenoxy) is 1. The van der Waals surface area contributed by atoms with Crippen LogP contribution in [0.1, 0.15) is 5.82 Å². The quantitative estimate of drug-likeness (QED) is 0.499. The van der Waals surface area contributed by atoms with Gasteiger partial charge in [0.25, 0.3) is 0 Å². The first-order valence-corrected chi connectivity index (χ1v) is 9.14. The molecule has 1 aromatic carbocycles. The highest BCUT2D eigenvalue weighted by Crippen LogP contribution is 2.15. The molecule has 0 saturated heterocycles. The van der Waals surface area contributed by atoms with Gasteiger partial charge in [-0.05, 0) is 36.4 Å². The number of aromatic nitrogens is 3. The number of benzene rings is 1. The molecule has 0 saturated carbocycles. The van der Waals surface area contributed by atoms with E-state index >= 15 is 0 Å². The smallest absolute Gasteiger partial charge is 0.193 e. The second-order valence-corrected chi connectivity index (χ2v) is 6.43. The van der Waals surface area contributed by atoms with Gasteiger partial charge in [-0.1, -0.05) is 17.7 Å². The van der Waals surface area contributed by atoms with Crippen LogP contribution >= 0.6 is 11.6 Å². The van der Waals surface area contributed by atoms with Gasteiger partial charge >= 0.3 is 0 Å². The molecule has 0 bridgehead atoms. The number of hydrogen-bond donors (Lipinski definition) is 1. The van der Waals surface area contributed by atoms with Crippen molar-refractivity contribution >= 4 is 23.2 Å². The van der Waals surface area contributed by atoms with Crippen LogP contribution in [0.5, 0.6) is 5.75 Å². The van der Waals surface area contributed by atoms with E-state index in [0.29, 0.717) is 24.7 Å². The maximum Gasteiger partial charge on any atom is 0.193 e. The second-order valence-electron chi connectivity index (χ2n) is 5.99. The van der Waals surface area contributed by atoms with Crippen molar-refractivity contribution in [2.75, 3.05) is 33.8 Å². The molecule has 3 rings (SSSR count). The third-order valence-corrected chi connectivity index (χ3v) is 4.35. The van der Waals surface area contributed by atoms with Crippen LogP contribution < -0.4 is 10.1 Å². The van der Waals surface area contributed by atoms with E-state index in [1.54, 1.807) is 7.05 Å². The van der Waals surface area contributed by atoms with Crippen molar-refractivity contribution in [2.24, 2.45) is 4.99 Å². The molecule has 0 radical (unpaired) electrons. The lowest BCUT2D eigenvalue weighted by molar-refractivity contribution is 0.281. The second kappa shape index (κ2) is 9.23. The molecule has 0 unspecified atom stereocenters. The first-order chi connectivity index (χ1) is 13.2. The SMILES string of the molecule is CN=C(NCCc1nnc2ccccn12)N(C)CCOc1ccc(Cl)cc1. The van der Waals surface area contributed by atoms with Crippen LogP contribution in [0.15, 0.2) is 53.7 Å². The van der Waals surface area contributed by atoms with Gasteiger partial charge in [-0.25, -0.2) is 0 Å². The van der Waals surface area contributed by atoms with Gasteiger partial charge in [0.15, 0.2) is 11.6 Å². The molecule has 0 aliphatic rings. The van der Waals surface area contributed by atoms with E-state index in [2.05, 4.69) is 20.5 Å². The molecule has 2 aromatic heterocycles. The molecule has 0 spiro atoms. The Hall–Kier alpha value is -2.80. The largest absolute Gasteiger partial charge is 0.492 e. The molecular formula is C19H23ClN6O. The molecule has 0 fully saturated rings. The summed E-state index contributed by atoms with van der Waals surface area (Å²) in [6, 6.07) is 13.2. The monoisotopic (exact) mass is 386 g/mol. The number of nitrogens with one attached hydrogen (secondary N) is 1. The van der Waals surface area contributed by atoms with E-state index in [4.69, 9.17) is 16.3 Å². The van der Waals surface area contributed by atoms with Gasteiger partial charge in [-0.15, -0.1) is 10.2 Å². The fourth-order valence-corrected chi connectivity index (χ4v) is 2.80. The summed E-state index contributed by atoms with van der Waals surface area (Å²) in [5, 5.41) is 12.5. The number of rotatable bonds is 7. The zero-order valence-electron chi connectivity index (χ0n) is 15.5.